The van der Waals surface area contributed by atoms with Gasteiger partial charge in [0, 0.05) is 43.0 Å². The third-order valence-corrected chi connectivity index (χ3v) is 4.33. The molecule has 0 saturated heterocycles. The second-order valence-electron chi connectivity index (χ2n) is 6.93. The topological polar surface area (TPSA) is 59.4 Å². The zero-order valence-electron chi connectivity index (χ0n) is 16.6. The summed E-state index contributed by atoms with van der Waals surface area (Å²) in [7, 11) is 5.89. The summed E-state index contributed by atoms with van der Waals surface area (Å²) in [6.45, 7) is 1.89. The molecule has 3 rings (SSSR count). The van der Waals surface area contributed by atoms with Gasteiger partial charge in [0.2, 0.25) is 0 Å². The SMILES string of the molecule is CN(C)CCOc1ccccc1-c1cccc(C(=O)NCc2cnn(C)c2)c1. The molecular formula is C22H26N4O2. The van der Waals surface area contributed by atoms with Gasteiger partial charge in [0.15, 0.2) is 0 Å². The number of rotatable bonds is 8. The minimum atomic E-state index is -0.114. The number of carbonyl (C=O) groups is 1. The van der Waals surface area contributed by atoms with Gasteiger partial charge in [-0.2, -0.15) is 5.10 Å². The Hall–Kier alpha value is -3.12. The van der Waals surface area contributed by atoms with Crippen LogP contribution >= 0.6 is 0 Å². The Labute approximate surface area is 165 Å². The van der Waals surface area contributed by atoms with Crippen LogP contribution < -0.4 is 10.1 Å². The number of aromatic nitrogens is 2. The average Bonchev–Trinajstić information content (AvgIpc) is 3.11. The molecule has 0 aliphatic rings. The van der Waals surface area contributed by atoms with E-state index in [0.717, 1.165) is 29.0 Å². The molecule has 0 bridgehead atoms. The first-order chi connectivity index (χ1) is 13.5. The van der Waals surface area contributed by atoms with Crippen molar-refractivity contribution in [1.82, 2.24) is 20.0 Å². The first kappa shape index (κ1) is 19.6. The highest BCUT2D eigenvalue weighted by molar-refractivity contribution is 5.95. The van der Waals surface area contributed by atoms with E-state index in [0.29, 0.717) is 18.7 Å². The fraction of sp³-hybridized carbons (Fsp3) is 0.273. The molecule has 3 aromatic rings. The van der Waals surface area contributed by atoms with Crippen molar-refractivity contribution in [3.05, 3.63) is 72.1 Å². The molecule has 0 aliphatic heterocycles. The molecule has 0 atom stereocenters. The van der Waals surface area contributed by atoms with Gasteiger partial charge < -0.3 is 15.0 Å². The highest BCUT2D eigenvalue weighted by Crippen LogP contribution is 2.30. The number of nitrogens with one attached hydrogen (secondary N) is 1. The molecular weight excluding hydrogens is 352 g/mol. The quantitative estimate of drug-likeness (QED) is 0.655. The molecule has 1 aromatic heterocycles. The molecule has 0 spiro atoms. The summed E-state index contributed by atoms with van der Waals surface area (Å²) in [5.74, 6) is 0.703. The lowest BCUT2D eigenvalue weighted by Crippen LogP contribution is -2.22. The number of hydrogen-bond donors (Lipinski definition) is 1. The zero-order valence-corrected chi connectivity index (χ0v) is 16.6. The Kier molecular flexibility index (Phi) is 6.45. The van der Waals surface area contributed by atoms with E-state index < -0.39 is 0 Å². The van der Waals surface area contributed by atoms with E-state index in [2.05, 4.69) is 15.3 Å². The van der Waals surface area contributed by atoms with Gasteiger partial charge in [0.25, 0.3) is 5.91 Å². The van der Waals surface area contributed by atoms with Crippen molar-refractivity contribution in [2.75, 3.05) is 27.2 Å². The molecule has 0 saturated carbocycles. The van der Waals surface area contributed by atoms with Crippen molar-refractivity contribution >= 4 is 5.91 Å². The molecule has 0 radical (unpaired) electrons. The van der Waals surface area contributed by atoms with E-state index in [4.69, 9.17) is 4.74 Å². The number of aryl methyl sites for hydroxylation is 1. The van der Waals surface area contributed by atoms with Gasteiger partial charge in [-0.05, 0) is 37.9 Å². The van der Waals surface area contributed by atoms with E-state index in [1.165, 1.54) is 0 Å². The Morgan fingerprint density at radius 1 is 1.18 bits per heavy atom. The number of carbonyl (C=O) groups excluding carboxylic acids is 1. The summed E-state index contributed by atoms with van der Waals surface area (Å²) < 4.78 is 7.68. The predicted octanol–water partition coefficient (Wildman–Crippen LogP) is 2.96. The fourth-order valence-corrected chi connectivity index (χ4v) is 2.84. The summed E-state index contributed by atoms with van der Waals surface area (Å²) in [6, 6.07) is 15.5. The molecule has 6 heteroatoms. The number of ether oxygens (including phenoxy) is 1. The van der Waals surface area contributed by atoms with Gasteiger partial charge in [0.1, 0.15) is 12.4 Å². The van der Waals surface area contributed by atoms with Crippen LogP contribution in [0.2, 0.25) is 0 Å². The van der Waals surface area contributed by atoms with Crippen molar-refractivity contribution < 1.29 is 9.53 Å². The number of benzene rings is 2. The van der Waals surface area contributed by atoms with Crippen LogP contribution in [-0.2, 0) is 13.6 Å². The van der Waals surface area contributed by atoms with Gasteiger partial charge in [-0.25, -0.2) is 0 Å². The lowest BCUT2D eigenvalue weighted by molar-refractivity contribution is 0.0951. The molecule has 1 amide bonds. The summed E-state index contributed by atoms with van der Waals surface area (Å²) in [6.07, 6.45) is 3.63. The number of likely N-dealkylation sites (N-methyl/N-ethyl adjacent to an activating group) is 1. The standard InChI is InChI=1S/C22H26N4O2/c1-25(2)11-12-28-21-10-5-4-9-20(21)18-7-6-8-19(13-18)22(27)23-14-17-15-24-26(3)16-17/h4-10,13,15-16H,11-12,14H2,1-3H3,(H,23,27). The van der Waals surface area contributed by atoms with Crippen LogP contribution in [0.3, 0.4) is 0 Å². The number of nitrogens with zero attached hydrogens (tertiary/aromatic N) is 3. The van der Waals surface area contributed by atoms with Crippen LogP contribution in [0, 0.1) is 0 Å². The minimum Gasteiger partial charge on any atom is -0.492 e. The normalized spacial score (nSPS) is 10.9. The van der Waals surface area contributed by atoms with E-state index in [1.54, 1.807) is 10.9 Å². The molecule has 1 N–H and O–H groups in total. The second kappa shape index (κ2) is 9.19. The number of amides is 1. The predicted molar refractivity (Wildman–Crippen MR) is 110 cm³/mol. The lowest BCUT2D eigenvalue weighted by Gasteiger charge is -2.14. The maximum atomic E-state index is 12.6. The van der Waals surface area contributed by atoms with E-state index >= 15 is 0 Å². The number of hydrogen-bond acceptors (Lipinski definition) is 4. The molecule has 0 fully saturated rings. The Morgan fingerprint density at radius 3 is 2.75 bits per heavy atom. The molecule has 6 nitrogen and oxygen atoms in total. The van der Waals surface area contributed by atoms with E-state index in [9.17, 15) is 4.79 Å². The van der Waals surface area contributed by atoms with Gasteiger partial charge in [0.05, 0.1) is 6.20 Å². The highest BCUT2D eigenvalue weighted by Gasteiger charge is 2.10. The van der Waals surface area contributed by atoms with Crippen molar-refractivity contribution in [2.24, 2.45) is 7.05 Å². The summed E-state index contributed by atoms with van der Waals surface area (Å²) in [5.41, 5.74) is 3.51. The van der Waals surface area contributed by atoms with Crippen molar-refractivity contribution in [3.63, 3.8) is 0 Å². The van der Waals surface area contributed by atoms with Gasteiger partial charge in [-0.15, -0.1) is 0 Å². The Bertz CT molecular complexity index is 934. The molecule has 2 aromatic carbocycles. The van der Waals surface area contributed by atoms with Crippen LogP contribution in [-0.4, -0.2) is 47.8 Å². The van der Waals surface area contributed by atoms with Crippen molar-refractivity contribution in [2.45, 2.75) is 6.54 Å². The summed E-state index contributed by atoms with van der Waals surface area (Å²) >= 11 is 0. The van der Waals surface area contributed by atoms with Crippen molar-refractivity contribution in [1.29, 1.82) is 0 Å². The number of para-hydroxylation sites is 1. The summed E-state index contributed by atoms with van der Waals surface area (Å²) in [4.78, 5) is 14.6. The summed E-state index contributed by atoms with van der Waals surface area (Å²) in [5, 5.41) is 7.05. The van der Waals surface area contributed by atoms with Gasteiger partial charge in [-0.3, -0.25) is 9.48 Å². The van der Waals surface area contributed by atoms with Crippen molar-refractivity contribution in [3.8, 4) is 16.9 Å². The lowest BCUT2D eigenvalue weighted by atomic mass is 10.0. The largest absolute Gasteiger partial charge is 0.492 e. The molecule has 0 unspecified atom stereocenters. The fourth-order valence-electron chi connectivity index (χ4n) is 2.84. The smallest absolute Gasteiger partial charge is 0.251 e. The second-order valence-corrected chi connectivity index (χ2v) is 6.93. The molecule has 1 heterocycles. The average molecular weight is 378 g/mol. The van der Waals surface area contributed by atoms with Gasteiger partial charge in [-0.1, -0.05) is 30.3 Å². The maximum Gasteiger partial charge on any atom is 0.251 e. The molecule has 0 aliphatic carbocycles. The third kappa shape index (κ3) is 5.20. The zero-order chi connectivity index (χ0) is 19.9. The van der Waals surface area contributed by atoms with Crippen LogP contribution in [0.25, 0.3) is 11.1 Å². The Balaban J connectivity index is 1.73. The van der Waals surface area contributed by atoms with Crippen LogP contribution in [0.5, 0.6) is 5.75 Å². The molecule has 28 heavy (non-hydrogen) atoms. The van der Waals surface area contributed by atoms with Crippen LogP contribution in [0.1, 0.15) is 15.9 Å². The maximum absolute atomic E-state index is 12.6. The van der Waals surface area contributed by atoms with Crippen LogP contribution in [0.15, 0.2) is 60.9 Å². The minimum absolute atomic E-state index is 0.114. The first-order valence-electron chi connectivity index (χ1n) is 9.25. The Morgan fingerprint density at radius 2 is 2.00 bits per heavy atom. The van der Waals surface area contributed by atoms with E-state index in [-0.39, 0.29) is 5.91 Å². The molecule has 146 valence electrons. The highest BCUT2D eigenvalue weighted by atomic mass is 16.5. The van der Waals surface area contributed by atoms with Gasteiger partial charge >= 0.3 is 0 Å². The first-order valence-corrected chi connectivity index (χ1v) is 9.25. The monoisotopic (exact) mass is 378 g/mol. The van der Waals surface area contributed by atoms with E-state index in [1.807, 2.05) is 75.9 Å². The van der Waals surface area contributed by atoms with Crippen LogP contribution in [0.4, 0.5) is 0 Å². The third-order valence-electron chi connectivity index (χ3n) is 4.33.